The minimum Gasteiger partial charge on any atom is -0.481 e. The average Bonchev–Trinajstić information content (AvgIpc) is 3.13. The monoisotopic (exact) mass is 447 g/mol. The number of aromatic nitrogens is 1. The Hall–Kier alpha value is -3.93. The van der Waals surface area contributed by atoms with Crippen molar-refractivity contribution in [3.63, 3.8) is 0 Å². The lowest BCUT2D eigenvalue weighted by atomic mass is 10.1. The first-order valence-electron chi connectivity index (χ1n) is 9.71. The summed E-state index contributed by atoms with van der Waals surface area (Å²) in [4.78, 5) is 61.0. The zero-order valence-corrected chi connectivity index (χ0v) is 17.3. The van der Waals surface area contributed by atoms with Gasteiger partial charge in [0.1, 0.15) is 12.1 Å². The van der Waals surface area contributed by atoms with Crippen molar-refractivity contribution in [3.05, 3.63) is 36.0 Å². The Bertz CT molecular complexity index is 1020. The number of hydrogen-bond acceptors (Lipinski definition) is 6. The van der Waals surface area contributed by atoms with E-state index in [-0.39, 0.29) is 6.42 Å². The van der Waals surface area contributed by atoms with Gasteiger partial charge in [0.25, 0.3) is 0 Å². The van der Waals surface area contributed by atoms with Crippen molar-refractivity contribution in [1.29, 1.82) is 0 Å². The van der Waals surface area contributed by atoms with E-state index in [4.69, 9.17) is 15.9 Å². The van der Waals surface area contributed by atoms with E-state index in [2.05, 4.69) is 15.6 Å². The number of carbonyl (C=O) groups is 5. The summed E-state index contributed by atoms with van der Waals surface area (Å²) in [5, 5.41) is 25.3. The molecule has 0 bridgehead atoms. The number of nitrogens with one attached hydrogen (secondary N) is 4. The number of benzene rings is 1. The SMILES string of the molecule is CC(NC(=O)CNC(=O)C(N)Cc1c[nH]c2ccccc12)C(=O)NC(CC(=O)O)C(=O)O. The molecule has 3 amide bonds. The van der Waals surface area contributed by atoms with E-state index in [9.17, 15) is 24.0 Å². The van der Waals surface area contributed by atoms with Gasteiger partial charge in [0.2, 0.25) is 17.7 Å². The second kappa shape index (κ2) is 10.9. The Balaban J connectivity index is 1.80. The largest absolute Gasteiger partial charge is 0.481 e. The normalized spacial score (nSPS) is 13.6. The van der Waals surface area contributed by atoms with E-state index in [1.165, 1.54) is 6.92 Å². The molecule has 0 aliphatic rings. The highest BCUT2D eigenvalue weighted by molar-refractivity contribution is 5.93. The van der Waals surface area contributed by atoms with Crippen molar-refractivity contribution in [2.75, 3.05) is 6.54 Å². The lowest BCUT2D eigenvalue weighted by molar-refractivity contribution is -0.147. The van der Waals surface area contributed by atoms with Gasteiger partial charge < -0.3 is 36.9 Å². The quantitative estimate of drug-likeness (QED) is 0.220. The van der Waals surface area contributed by atoms with Gasteiger partial charge in [-0.15, -0.1) is 0 Å². The van der Waals surface area contributed by atoms with Crippen LogP contribution in [0.25, 0.3) is 10.9 Å². The highest BCUT2D eigenvalue weighted by atomic mass is 16.4. The van der Waals surface area contributed by atoms with Gasteiger partial charge in [-0.25, -0.2) is 4.79 Å². The summed E-state index contributed by atoms with van der Waals surface area (Å²) >= 11 is 0. The highest BCUT2D eigenvalue weighted by Crippen LogP contribution is 2.18. The number of fused-ring (bicyclic) bond motifs is 1. The molecule has 0 spiro atoms. The number of rotatable bonds is 11. The topological polar surface area (TPSA) is 204 Å². The molecule has 1 aromatic heterocycles. The first-order valence-corrected chi connectivity index (χ1v) is 9.71. The van der Waals surface area contributed by atoms with Crippen LogP contribution < -0.4 is 21.7 Å². The van der Waals surface area contributed by atoms with Gasteiger partial charge in [-0.3, -0.25) is 19.2 Å². The fraction of sp³-hybridized carbons (Fsp3) is 0.350. The number of aromatic amines is 1. The smallest absolute Gasteiger partial charge is 0.326 e. The van der Waals surface area contributed by atoms with Gasteiger partial charge in [-0.2, -0.15) is 0 Å². The van der Waals surface area contributed by atoms with Gasteiger partial charge in [0.05, 0.1) is 19.0 Å². The van der Waals surface area contributed by atoms with Gasteiger partial charge in [0, 0.05) is 17.1 Å². The van der Waals surface area contributed by atoms with Gasteiger partial charge in [-0.05, 0) is 25.0 Å². The highest BCUT2D eigenvalue weighted by Gasteiger charge is 2.26. The number of para-hydroxylation sites is 1. The molecule has 2 rings (SSSR count). The number of carboxylic acid groups (broad SMARTS) is 2. The maximum atomic E-state index is 12.2. The maximum absolute atomic E-state index is 12.2. The summed E-state index contributed by atoms with van der Waals surface area (Å²) < 4.78 is 0. The molecule has 1 heterocycles. The van der Waals surface area contributed by atoms with Crippen LogP contribution in [0.15, 0.2) is 30.5 Å². The predicted octanol–water partition coefficient (Wildman–Crippen LogP) is -1.30. The van der Waals surface area contributed by atoms with Crippen LogP contribution in [0.2, 0.25) is 0 Å². The Morgan fingerprint density at radius 2 is 1.75 bits per heavy atom. The van der Waals surface area contributed by atoms with Crippen LogP contribution in [0.5, 0.6) is 0 Å². The summed E-state index contributed by atoms with van der Waals surface area (Å²) in [5.74, 6) is -5.06. The third-order valence-corrected chi connectivity index (χ3v) is 4.64. The molecule has 3 unspecified atom stereocenters. The number of amides is 3. The van der Waals surface area contributed by atoms with Crippen LogP contribution in [0.4, 0.5) is 0 Å². The fourth-order valence-electron chi connectivity index (χ4n) is 2.96. The number of hydrogen-bond donors (Lipinski definition) is 7. The van der Waals surface area contributed by atoms with Crippen molar-refractivity contribution in [1.82, 2.24) is 20.9 Å². The first kappa shape index (κ1) is 24.3. The standard InChI is InChI=1S/C20H25N5O7/c1-10(18(29)25-15(20(31)32)7-17(27)28)24-16(26)9-23-19(30)13(21)6-11-8-22-14-5-3-2-4-12(11)14/h2-5,8,10,13,15,22H,6-7,9,21H2,1H3,(H,23,30)(H,24,26)(H,25,29)(H,27,28)(H,31,32). The zero-order chi connectivity index (χ0) is 23.8. The van der Waals surface area contributed by atoms with Gasteiger partial charge >= 0.3 is 11.9 Å². The first-order chi connectivity index (χ1) is 15.1. The van der Waals surface area contributed by atoms with E-state index < -0.39 is 60.8 Å². The maximum Gasteiger partial charge on any atom is 0.326 e. The lowest BCUT2D eigenvalue weighted by Crippen LogP contribution is -2.53. The average molecular weight is 447 g/mol. The molecule has 2 aromatic rings. The summed E-state index contributed by atoms with van der Waals surface area (Å²) in [5.41, 5.74) is 7.70. The van der Waals surface area contributed by atoms with Crippen molar-refractivity contribution in [3.8, 4) is 0 Å². The van der Waals surface area contributed by atoms with Crippen LogP contribution in [0, 0.1) is 0 Å². The van der Waals surface area contributed by atoms with Crippen LogP contribution >= 0.6 is 0 Å². The minimum atomic E-state index is -1.64. The van der Waals surface area contributed by atoms with Crippen LogP contribution in [0.3, 0.4) is 0 Å². The Morgan fingerprint density at radius 3 is 2.41 bits per heavy atom. The minimum absolute atomic E-state index is 0.246. The second-order valence-corrected chi connectivity index (χ2v) is 7.17. The molecular formula is C20H25N5O7. The zero-order valence-electron chi connectivity index (χ0n) is 17.3. The Labute approximate surface area is 182 Å². The Kier molecular flexibility index (Phi) is 8.30. The number of carboxylic acids is 2. The van der Waals surface area contributed by atoms with E-state index in [0.29, 0.717) is 0 Å². The second-order valence-electron chi connectivity index (χ2n) is 7.17. The van der Waals surface area contributed by atoms with Gasteiger partial charge in [0.15, 0.2) is 0 Å². The Morgan fingerprint density at radius 1 is 1.06 bits per heavy atom. The molecule has 8 N–H and O–H groups in total. The molecular weight excluding hydrogens is 422 g/mol. The summed E-state index contributed by atoms with van der Waals surface area (Å²) in [6.45, 7) is 0.840. The van der Waals surface area contributed by atoms with Crippen molar-refractivity contribution >= 4 is 40.6 Å². The third kappa shape index (κ3) is 6.80. The molecule has 172 valence electrons. The number of H-pyrrole nitrogens is 1. The van der Waals surface area contributed by atoms with E-state index >= 15 is 0 Å². The molecule has 32 heavy (non-hydrogen) atoms. The van der Waals surface area contributed by atoms with Crippen LogP contribution in [-0.2, 0) is 30.4 Å². The number of nitrogens with two attached hydrogens (primary N) is 1. The molecule has 0 radical (unpaired) electrons. The molecule has 0 saturated carbocycles. The fourth-order valence-corrected chi connectivity index (χ4v) is 2.96. The molecule has 0 fully saturated rings. The van der Waals surface area contributed by atoms with E-state index in [1.807, 2.05) is 29.6 Å². The van der Waals surface area contributed by atoms with E-state index in [1.54, 1.807) is 6.20 Å². The van der Waals surface area contributed by atoms with Crippen molar-refractivity contribution in [2.24, 2.45) is 5.73 Å². The number of carbonyl (C=O) groups excluding carboxylic acids is 3. The molecule has 1 aromatic carbocycles. The molecule has 3 atom stereocenters. The van der Waals surface area contributed by atoms with E-state index in [0.717, 1.165) is 16.5 Å². The molecule has 12 heteroatoms. The van der Waals surface area contributed by atoms with Crippen molar-refractivity contribution < 1.29 is 34.2 Å². The van der Waals surface area contributed by atoms with Crippen LogP contribution in [0.1, 0.15) is 18.9 Å². The molecule has 12 nitrogen and oxygen atoms in total. The summed E-state index contributed by atoms with van der Waals surface area (Å²) in [6.07, 6.45) is 1.20. The summed E-state index contributed by atoms with van der Waals surface area (Å²) in [7, 11) is 0. The van der Waals surface area contributed by atoms with Crippen molar-refractivity contribution in [2.45, 2.75) is 37.9 Å². The lowest BCUT2D eigenvalue weighted by Gasteiger charge is -2.18. The molecule has 0 aliphatic heterocycles. The predicted molar refractivity (Wildman–Crippen MR) is 112 cm³/mol. The molecule has 0 saturated heterocycles. The van der Waals surface area contributed by atoms with Gasteiger partial charge in [-0.1, -0.05) is 18.2 Å². The number of aliphatic carboxylic acids is 2. The summed E-state index contributed by atoms with van der Waals surface area (Å²) in [6, 6.07) is 3.84. The molecule has 0 aliphatic carbocycles. The third-order valence-electron chi connectivity index (χ3n) is 4.64. The van der Waals surface area contributed by atoms with Crippen LogP contribution in [-0.4, -0.2) is 69.5 Å².